The van der Waals surface area contributed by atoms with Crippen LogP contribution >= 0.6 is 11.6 Å². The van der Waals surface area contributed by atoms with Gasteiger partial charge >= 0.3 is 0 Å². The molecule has 0 unspecified atom stereocenters. The van der Waals surface area contributed by atoms with Crippen LogP contribution in [-0.2, 0) is 4.74 Å². The number of halogens is 1. The zero-order valence-electron chi connectivity index (χ0n) is 12.1. The molecule has 0 aliphatic rings. The minimum Gasteiger partial charge on any atom is -0.474 e. The molecule has 0 saturated heterocycles. The highest BCUT2D eigenvalue weighted by Crippen LogP contribution is 2.12. The van der Waals surface area contributed by atoms with Crippen LogP contribution in [0.4, 0.5) is 0 Å². The molecule has 3 aromatic heterocycles. The van der Waals surface area contributed by atoms with Gasteiger partial charge in [-0.15, -0.1) is 0 Å². The Morgan fingerprint density at radius 3 is 2.70 bits per heavy atom. The van der Waals surface area contributed by atoms with Crippen molar-refractivity contribution in [2.45, 2.75) is 0 Å². The van der Waals surface area contributed by atoms with Gasteiger partial charge in [-0.3, -0.25) is 4.57 Å². The number of rotatable bonds is 7. The number of pyridine rings is 1. The highest BCUT2D eigenvalue weighted by atomic mass is 35.5. The van der Waals surface area contributed by atoms with Gasteiger partial charge in [0.25, 0.3) is 0 Å². The van der Waals surface area contributed by atoms with E-state index in [-0.39, 0.29) is 0 Å². The molecule has 23 heavy (non-hydrogen) atoms. The lowest BCUT2D eigenvalue weighted by atomic mass is 10.5. The van der Waals surface area contributed by atoms with Crippen molar-refractivity contribution in [1.82, 2.24) is 24.1 Å². The fourth-order valence-corrected chi connectivity index (χ4v) is 1.89. The molecular formula is C15H14ClN5O2. The van der Waals surface area contributed by atoms with Gasteiger partial charge in [0, 0.05) is 37.1 Å². The Bertz CT molecular complexity index is 739. The van der Waals surface area contributed by atoms with Crippen molar-refractivity contribution >= 4 is 23.7 Å². The van der Waals surface area contributed by atoms with Crippen LogP contribution in [0, 0.1) is 0 Å². The second-order valence-corrected chi connectivity index (χ2v) is 4.90. The van der Waals surface area contributed by atoms with Crippen LogP contribution < -0.4 is 4.74 Å². The van der Waals surface area contributed by atoms with Gasteiger partial charge in [0.2, 0.25) is 11.8 Å². The van der Waals surface area contributed by atoms with Gasteiger partial charge < -0.3 is 14.0 Å². The van der Waals surface area contributed by atoms with Gasteiger partial charge in [-0.25, -0.2) is 15.0 Å². The smallest absolute Gasteiger partial charge is 0.216 e. The summed E-state index contributed by atoms with van der Waals surface area (Å²) >= 11 is 5.77. The average molecular weight is 332 g/mol. The monoisotopic (exact) mass is 331 g/mol. The van der Waals surface area contributed by atoms with Crippen molar-refractivity contribution in [2.24, 2.45) is 0 Å². The highest BCUT2D eigenvalue weighted by molar-refractivity contribution is 6.30. The van der Waals surface area contributed by atoms with Crippen molar-refractivity contribution in [3.63, 3.8) is 0 Å². The molecule has 0 N–H and O–H groups in total. The Labute approximate surface area is 137 Å². The Kier molecular flexibility index (Phi) is 4.90. The van der Waals surface area contributed by atoms with Crippen molar-refractivity contribution in [1.29, 1.82) is 0 Å². The van der Waals surface area contributed by atoms with Gasteiger partial charge in [-0.05, 0) is 6.07 Å². The first-order valence-electron chi connectivity index (χ1n) is 6.86. The molecule has 3 heterocycles. The standard InChI is InChI=1S/C15H14ClN5O2/c16-13-1-2-14(19-9-13)22-7-8-23-15(21-6-4-18-12-21)10-20-5-3-17-11-20/h1-6,9-12H,7-8H2. The minimum absolute atomic E-state index is 0.350. The Morgan fingerprint density at radius 1 is 1.13 bits per heavy atom. The predicted octanol–water partition coefficient (Wildman–Crippen LogP) is 2.64. The summed E-state index contributed by atoms with van der Waals surface area (Å²) in [6.07, 6.45) is 13.6. The fourth-order valence-electron chi connectivity index (χ4n) is 1.78. The second-order valence-electron chi connectivity index (χ2n) is 4.46. The molecule has 8 heteroatoms. The molecule has 0 spiro atoms. The quantitative estimate of drug-likeness (QED) is 0.492. The van der Waals surface area contributed by atoms with Crippen molar-refractivity contribution in [2.75, 3.05) is 13.2 Å². The lowest BCUT2D eigenvalue weighted by molar-refractivity contribution is 0.182. The first-order valence-corrected chi connectivity index (χ1v) is 7.24. The van der Waals surface area contributed by atoms with Crippen LogP contribution in [0.3, 0.4) is 0 Å². The zero-order valence-corrected chi connectivity index (χ0v) is 12.9. The number of nitrogens with zero attached hydrogens (tertiary/aromatic N) is 5. The molecule has 0 aromatic carbocycles. The third-order valence-electron chi connectivity index (χ3n) is 2.83. The predicted molar refractivity (Wildman–Crippen MR) is 85.6 cm³/mol. The molecule has 3 rings (SSSR count). The number of imidazole rings is 2. The maximum Gasteiger partial charge on any atom is 0.216 e. The topological polar surface area (TPSA) is 67.0 Å². The Balaban J connectivity index is 1.58. The lowest BCUT2D eigenvalue weighted by Crippen LogP contribution is -2.09. The van der Waals surface area contributed by atoms with E-state index in [0.29, 0.717) is 30.0 Å². The van der Waals surface area contributed by atoms with Crippen molar-refractivity contribution in [3.05, 3.63) is 60.8 Å². The Morgan fingerprint density at radius 2 is 2.00 bits per heavy atom. The normalized spacial score (nSPS) is 11.4. The third kappa shape index (κ3) is 4.33. The summed E-state index contributed by atoms with van der Waals surface area (Å²) in [5.41, 5.74) is 0. The van der Waals surface area contributed by atoms with Gasteiger partial charge in [0.05, 0.1) is 17.5 Å². The van der Waals surface area contributed by atoms with E-state index < -0.39 is 0 Å². The molecule has 0 atom stereocenters. The van der Waals surface area contributed by atoms with E-state index in [1.54, 1.807) is 58.7 Å². The lowest BCUT2D eigenvalue weighted by Gasteiger charge is -2.11. The molecule has 118 valence electrons. The summed E-state index contributed by atoms with van der Waals surface area (Å²) < 4.78 is 14.8. The molecule has 3 aromatic rings. The maximum absolute atomic E-state index is 5.77. The van der Waals surface area contributed by atoms with Crippen LogP contribution in [0.1, 0.15) is 0 Å². The third-order valence-corrected chi connectivity index (χ3v) is 3.05. The van der Waals surface area contributed by atoms with Gasteiger partial charge in [0.15, 0.2) is 0 Å². The van der Waals surface area contributed by atoms with Gasteiger partial charge in [-0.2, -0.15) is 0 Å². The first kappa shape index (κ1) is 15.1. The Hall–Kier alpha value is -2.80. The fraction of sp³-hybridized carbons (Fsp3) is 0.133. The van der Waals surface area contributed by atoms with Crippen LogP contribution in [0.5, 0.6) is 5.88 Å². The van der Waals surface area contributed by atoms with Crippen LogP contribution in [0.25, 0.3) is 12.1 Å². The SMILES string of the molecule is Clc1ccc(OCCOC(=Cn2ccnc2)n2ccnc2)nc1. The number of hydrogen-bond donors (Lipinski definition) is 0. The molecule has 0 saturated carbocycles. The van der Waals surface area contributed by atoms with Gasteiger partial charge in [-0.1, -0.05) is 11.6 Å². The van der Waals surface area contributed by atoms with E-state index in [4.69, 9.17) is 21.1 Å². The summed E-state index contributed by atoms with van der Waals surface area (Å²) in [6.45, 7) is 0.702. The first-order chi connectivity index (χ1) is 11.3. The summed E-state index contributed by atoms with van der Waals surface area (Å²) in [7, 11) is 0. The van der Waals surface area contributed by atoms with E-state index in [2.05, 4.69) is 15.0 Å². The summed E-state index contributed by atoms with van der Waals surface area (Å²) in [5.74, 6) is 1.11. The molecule has 0 radical (unpaired) electrons. The van der Waals surface area contributed by atoms with E-state index in [1.165, 1.54) is 6.20 Å². The van der Waals surface area contributed by atoms with Crippen LogP contribution in [0.15, 0.2) is 55.8 Å². The van der Waals surface area contributed by atoms with E-state index >= 15 is 0 Å². The zero-order chi connectivity index (χ0) is 15.9. The van der Waals surface area contributed by atoms with Crippen molar-refractivity contribution in [3.8, 4) is 5.88 Å². The molecule has 0 amide bonds. The molecule has 0 bridgehead atoms. The highest BCUT2D eigenvalue weighted by Gasteiger charge is 2.03. The maximum atomic E-state index is 5.77. The van der Waals surface area contributed by atoms with Crippen LogP contribution in [0.2, 0.25) is 5.02 Å². The molecule has 7 nitrogen and oxygen atoms in total. The van der Waals surface area contributed by atoms with E-state index in [1.807, 2.05) is 6.20 Å². The van der Waals surface area contributed by atoms with Gasteiger partial charge in [0.1, 0.15) is 19.5 Å². The molecule has 0 fully saturated rings. The van der Waals surface area contributed by atoms with E-state index in [0.717, 1.165) is 0 Å². The average Bonchev–Trinajstić information content (AvgIpc) is 3.25. The van der Waals surface area contributed by atoms with Crippen molar-refractivity contribution < 1.29 is 9.47 Å². The molecular weight excluding hydrogens is 318 g/mol. The van der Waals surface area contributed by atoms with E-state index in [9.17, 15) is 0 Å². The largest absolute Gasteiger partial charge is 0.474 e. The summed E-state index contributed by atoms with van der Waals surface area (Å²) in [6, 6.07) is 3.43. The number of ether oxygens (including phenoxy) is 2. The minimum atomic E-state index is 0.350. The van der Waals surface area contributed by atoms with Crippen LogP contribution in [-0.4, -0.2) is 37.3 Å². The summed E-state index contributed by atoms with van der Waals surface area (Å²) in [4.78, 5) is 12.1. The number of hydrogen-bond acceptors (Lipinski definition) is 5. The molecule has 0 aliphatic heterocycles. The summed E-state index contributed by atoms with van der Waals surface area (Å²) in [5, 5.41) is 0.569. The number of aromatic nitrogens is 5. The second kappa shape index (κ2) is 7.46. The molecule has 0 aliphatic carbocycles.